The third-order valence-corrected chi connectivity index (χ3v) is 4.74. The first-order valence-corrected chi connectivity index (χ1v) is 7.07. The first-order valence-electron chi connectivity index (χ1n) is 5.96. The SMILES string of the molecule is O=S(c1cccc2cncc(F)c12)N1CCCC1. The normalized spacial score (nSPS) is 18.3. The molecule has 1 saturated heterocycles. The topological polar surface area (TPSA) is 33.2 Å². The Kier molecular flexibility index (Phi) is 3.09. The summed E-state index contributed by atoms with van der Waals surface area (Å²) in [5.74, 6) is -0.407. The molecule has 18 heavy (non-hydrogen) atoms. The summed E-state index contributed by atoms with van der Waals surface area (Å²) in [5.41, 5.74) is 0. The molecule has 0 aliphatic carbocycles. The first-order chi connectivity index (χ1) is 8.77. The average Bonchev–Trinajstić information content (AvgIpc) is 2.91. The van der Waals surface area contributed by atoms with E-state index in [0.717, 1.165) is 25.9 Å². The second kappa shape index (κ2) is 4.74. The highest BCUT2D eigenvalue weighted by atomic mass is 32.2. The van der Waals surface area contributed by atoms with Crippen molar-refractivity contribution in [2.45, 2.75) is 17.7 Å². The van der Waals surface area contributed by atoms with Crippen molar-refractivity contribution in [3.05, 3.63) is 36.4 Å². The number of hydrogen-bond donors (Lipinski definition) is 0. The van der Waals surface area contributed by atoms with Gasteiger partial charge in [0.05, 0.1) is 11.1 Å². The number of aromatic nitrogens is 1. The zero-order valence-corrected chi connectivity index (χ0v) is 10.6. The fourth-order valence-electron chi connectivity index (χ4n) is 2.30. The molecule has 5 heteroatoms. The Morgan fingerprint density at radius 1 is 1.22 bits per heavy atom. The van der Waals surface area contributed by atoms with Crippen molar-refractivity contribution in [2.24, 2.45) is 0 Å². The summed E-state index contributed by atoms with van der Waals surface area (Å²) in [4.78, 5) is 4.37. The Morgan fingerprint density at radius 3 is 2.78 bits per heavy atom. The molecule has 94 valence electrons. The van der Waals surface area contributed by atoms with Gasteiger partial charge < -0.3 is 0 Å². The maximum atomic E-state index is 13.9. The lowest BCUT2D eigenvalue weighted by Crippen LogP contribution is -2.22. The molecule has 1 aliphatic heterocycles. The standard InChI is InChI=1S/C13H13FN2OS/c14-11-9-15-8-10-4-3-5-12(13(10)11)18(17)16-6-1-2-7-16/h3-5,8-9H,1-2,6-7H2. The number of fused-ring (bicyclic) bond motifs is 1. The fourth-order valence-corrected chi connectivity index (χ4v) is 3.75. The summed E-state index contributed by atoms with van der Waals surface area (Å²) >= 11 is 0. The number of pyridine rings is 1. The van der Waals surface area contributed by atoms with E-state index in [9.17, 15) is 8.60 Å². The predicted molar refractivity (Wildman–Crippen MR) is 68.9 cm³/mol. The van der Waals surface area contributed by atoms with Gasteiger partial charge in [-0.3, -0.25) is 4.98 Å². The van der Waals surface area contributed by atoms with Crippen molar-refractivity contribution in [2.75, 3.05) is 13.1 Å². The quantitative estimate of drug-likeness (QED) is 0.835. The minimum Gasteiger partial charge on any atom is -0.261 e. The van der Waals surface area contributed by atoms with Crippen LogP contribution in [-0.4, -0.2) is 26.6 Å². The number of nitrogens with zero attached hydrogens (tertiary/aromatic N) is 2. The summed E-state index contributed by atoms with van der Waals surface area (Å²) in [6.07, 6.45) is 4.89. The van der Waals surface area contributed by atoms with E-state index in [4.69, 9.17) is 0 Å². The van der Waals surface area contributed by atoms with Gasteiger partial charge in [0.25, 0.3) is 0 Å². The lowest BCUT2D eigenvalue weighted by Gasteiger charge is -2.15. The Bertz CT molecular complexity index is 606. The molecule has 0 saturated carbocycles. The van der Waals surface area contributed by atoms with Crippen LogP contribution >= 0.6 is 0 Å². The largest absolute Gasteiger partial charge is 0.261 e. The minimum absolute atomic E-state index is 0.407. The van der Waals surface area contributed by atoms with Gasteiger partial charge in [0.1, 0.15) is 11.0 Å². The molecule has 0 amide bonds. The van der Waals surface area contributed by atoms with E-state index in [1.165, 1.54) is 6.20 Å². The van der Waals surface area contributed by atoms with Gasteiger partial charge >= 0.3 is 0 Å². The Balaban J connectivity index is 2.13. The molecule has 0 spiro atoms. The fraction of sp³-hybridized carbons (Fsp3) is 0.308. The lowest BCUT2D eigenvalue weighted by molar-refractivity contribution is 0.536. The van der Waals surface area contributed by atoms with Crippen LogP contribution in [0.4, 0.5) is 4.39 Å². The predicted octanol–water partition coefficient (Wildman–Crippen LogP) is 2.49. The lowest BCUT2D eigenvalue weighted by atomic mass is 10.2. The van der Waals surface area contributed by atoms with E-state index >= 15 is 0 Å². The Morgan fingerprint density at radius 2 is 2.00 bits per heavy atom. The molecule has 2 aromatic rings. The smallest absolute Gasteiger partial charge is 0.150 e. The zero-order chi connectivity index (χ0) is 12.5. The molecule has 3 rings (SSSR count). The summed E-state index contributed by atoms with van der Waals surface area (Å²) < 4.78 is 28.2. The highest BCUT2D eigenvalue weighted by Gasteiger charge is 2.21. The Hall–Kier alpha value is -1.33. The molecule has 1 fully saturated rings. The molecule has 2 heterocycles. The maximum Gasteiger partial charge on any atom is 0.150 e. The summed E-state index contributed by atoms with van der Waals surface area (Å²) in [5, 5.41) is 1.12. The van der Waals surface area contributed by atoms with E-state index in [0.29, 0.717) is 15.7 Å². The number of hydrogen-bond acceptors (Lipinski definition) is 2. The molecule has 1 aromatic carbocycles. The van der Waals surface area contributed by atoms with Crippen LogP contribution in [0.3, 0.4) is 0 Å². The summed E-state index contributed by atoms with van der Waals surface area (Å²) in [6, 6.07) is 5.32. The molecular weight excluding hydrogens is 251 g/mol. The van der Waals surface area contributed by atoms with Crippen LogP contribution in [0.1, 0.15) is 12.8 Å². The molecule has 1 aromatic heterocycles. The molecule has 1 atom stereocenters. The van der Waals surface area contributed by atoms with Crippen molar-refractivity contribution in [3.8, 4) is 0 Å². The van der Waals surface area contributed by atoms with E-state index in [2.05, 4.69) is 4.98 Å². The molecule has 1 aliphatic rings. The molecule has 0 radical (unpaired) electrons. The molecular formula is C13H13FN2OS. The van der Waals surface area contributed by atoms with Crippen LogP contribution in [0.2, 0.25) is 0 Å². The van der Waals surface area contributed by atoms with Crippen LogP contribution in [0, 0.1) is 5.82 Å². The first kappa shape index (κ1) is 11.7. The van der Waals surface area contributed by atoms with Crippen LogP contribution in [0.15, 0.2) is 35.5 Å². The number of rotatable bonds is 2. The van der Waals surface area contributed by atoms with Crippen molar-refractivity contribution >= 4 is 21.8 Å². The van der Waals surface area contributed by atoms with Gasteiger partial charge in [0.2, 0.25) is 0 Å². The van der Waals surface area contributed by atoms with Crippen molar-refractivity contribution in [1.82, 2.24) is 9.29 Å². The highest BCUT2D eigenvalue weighted by Crippen LogP contribution is 2.26. The zero-order valence-electron chi connectivity index (χ0n) is 9.80. The third kappa shape index (κ3) is 1.93. The second-order valence-electron chi connectivity index (χ2n) is 4.36. The van der Waals surface area contributed by atoms with Gasteiger partial charge in [-0.15, -0.1) is 0 Å². The van der Waals surface area contributed by atoms with Crippen LogP contribution in [-0.2, 0) is 11.0 Å². The molecule has 0 N–H and O–H groups in total. The van der Waals surface area contributed by atoms with Gasteiger partial charge in [0.15, 0.2) is 5.82 Å². The van der Waals surface area contributed by atoms with Gasteiger partial charge in [0, 0.05) is 30.1 Å². The molecule has 1 unspecified atom stereocenters. The average molecular weight is 264 g/mol. The van der Waals surface area contributed by atoms with E-state index < -0.39 is 16.8 Å². The Labute approximate surface area is 107 Å². The van der Waals surface area contributed by atoms with Crippen molar-refractivity contribution in [3.63, 3.8) is 0 Å². The third-order valence-electron chi connectivity index (χ3n) is 3.19. The monoisotopic (exact) mass is 264 g/mol. The van der Waals surface area contributed by atoms with Crippen LogP contribution < -0.4 is 0 Å². The van der Waals surface area contributed by atoms with E-state index in [1.54, 1.807) is 24.4 Å². The van der Waals surface area contributed by atoms with E-state index in [1.807, 2.05) is 4.31 Å². The minimum atomic E-state index is -1.28. The summed E-state index contributed by atoms with van der Waals surface area (Å²) in [6.45, 7) is 1.63. The molecule has 3 nitrogen and oxygen atoms in total. The maximum absolute atomic E-state index is 13.9. The second-order valence-corrected chi connectivity index (χ2v) is 5.82. The molecule has 0 bridgehead atoms. The highest BCUT2D eigenvalue weighted by molar-refractivity contribution is 7.83. The summed E-state index contributed by atoms with van der Waals surface area (Å²) in [7, 11) is -1.28. The number of benzene rings is 1. The van der Waals surface area contributed by atoms with Crippen molar-refractivity contribution < 1.29 is 8.60 Å². The van der Waals surface area contributed by atoms with Gasteiger partial charge in [-0.05, 0) is 18.9 Å². The van der Waals surface area contributed by atoms with Crippen molar-refractivity contribution in [1.29, 1.82) is 0 Å². The number of halogens is 1. The van der Waals surface area contributed by atoms with E-state index in [-0.39, 0.29) is 0 Å². The van der Waals surface area contributed by atoms with Gasteiger partial charge in [-0.2, -0.15) is 0 Å². The van der Waals surface area contributed by atoms with Crippen LogP contribution in [0.25, 0.3) is 10.8 Å². The van der Waals surface area contributed by atoms with Crippen LogP contribution in [0.5, 0.6) is 0 Å². The van der Waals surface area contributed by atoms with Gasteiger partial charge in [-0.1, -0.05) is 12.1 Å². The van der Waals surface area contributed by atoms with Gasteiger partial charge in [-0.25, -0.2) is 12.9 Å².